The van der Waals surface area contributed by atoms with Crippen LogP contribution in [-0.4, -0.2) is 44.1 Å². The SMILES string of the molecule is COc1cccc(C(=O)N2CCOc3ccc(CN(C(=O)C4CC4)c4ccccc4)cc3C2)c1OC. The quantitative estimate of drug-likeness (QED) is 0.485. The molecule has 0 radical (unpaired) electrons. The Morgan fingerprint density at radius 1 is 1.00 bits per heavy atom. The summed E-state index contributed by atoms with van der Waals surface area (Å²) in [5.41, 5.74) is 3.24. The van der Waals surface area contributed by atoms with E-state index in [-0.39, 0.29) is 17.7 Å². The lowest BCUT2D eigenvalue weighted by molar-refractivity contribution is -0.119. The van der Waals surface area contributed by atoms with Crippen LogP contribution >= 0.6 is 0 Å². The minimum atomic E-state index is -0.151. The van der Waals surface area contributed by atoms with Crippen molar-refractivity contribution in [2.45, 2.75) is 25.9 Å². The van der Waals surface area contributed by atoms with Gasteiger partial charge in [-0.15, -0.1) is 0 Å². The smallest absolute Gasteiger partial charge is 0.258 e. The number of benzene rings is 3. The molecule has 0 saturated heterocycles. The van der Waals surface area contributed by atoms with Gasteiger partial charge in [0.25, 0.3) is 5.91 Å². The highest BCUT2D eigenvalue weighted by atomic mass is 16.5. The van der Waals surface area contributed by atoms with Gasteiger partial charge < -0.3 is 24.0 Å². The molecule has 1 saturated carbocycles. The van der Waals surface area contributed by atoms with Crippen molar-refractivity contribution in [1.82, 2.24) is 4.90 Å². The van der Waals surface area contributed by atoms with E-state index in [2.05, 4.69) is 0 Å². The molecular formula is C29H30N2O5. The molecule has 0 spiro atoms. The highest BCUT2D eigenvalue weighted by molar-refractivity contribution is 5.98. The first kappa shape index (κ1) is 23.7. The molecule has 0 atom stereocenters. The van der Waals surface area contributed by atoms with E-state index in [1.807, 2.05) is 53.4 Å². The topological polar surface area (TPSA) is 68.3 Å². The summed E-state index contributed by atoms with van der Waals surface area (Å²) in [4.78, 5) is 30.2. The molecule has 0 aromatic heterocycles. The predicted molar refractivity (Wildman–Crippen MR) is 137 cm³/mol. The van der Waals surface area contributed by atoms with Crippen LogP contribution in [0.1, 0.15) is 34.3 Å². The van der Waals surface area contributed by atoms with Crippen LogP contribution in [0.15, 0.2) is 66.7 Å². The second-order valence-electron chi connectivity index (χ2n) is 9.09. The molecule has 1 aliphatic heterocycles. The first-order valence-corrected chi connectivity index (χ1v) is 12.2. The maximum atomic E-state index is 13.5. The Balaban J connectivity index is 1.40. The Morgan fingerprint density at radius 2 is 1.81 bits per heavy atom. The summed E-state index contributed by atoms with van der Waals surface area (Å²) in [6, 6.07) is 21.1. The molecule has 7 heteroatoms. The minimum Gasteiger partial charge on any atom is -0.493 e. The van der Waals surface area contributed by atoms with Crippen molar-refractivity contribution in [2.75, 3.05) is 32.3 Å². The number of methoxy groups -OCH3 is 2. The first-order valence-electron chi connectivity index (χ1n) is 12.2. The van der Waals surface area contributed by atoms with Gasteiger partial charge in [-0.05, 0) is 54.8 Å². The van der Waals surface area contributed by atoms with Crippen molar-refractivity contribution in [3.05, 3.63) is 83.4 Å². The van der Waals surface area contributed by atoms with E-state index in [1.165, 1.54) is 7.11 Å². The highest BCUT2D eigenvalue weighted by Crippen LogP contribution is 2.35. The van der Waals surface area contributed by atoms with Crippen LogP contribution in [0, 0.1) is 5.92 Å². The molecule has 1 aliphatic carbocycles. The number of amides is 2. The molecule has 0 unspecified atom stereocenters. The van der Waals surface area contributed by atoms with E-state index in [1.54, 1.807) is 30.2 Å². The third kappa shape index (κ3) is 4.87. The summed E-state index contributed by atoms with van der Waals surface area (Å²) in [5.74, 6) is 1.81. The van der Waals surface area contributed by atoms with E-state index in [9.17, 15) is 9.59 Å². The van der Waals surface area contributed by atoms with Crippen LogP contribution in [0.5, 0.6) is 17.2 Å². The Morgan fingerprint density at radius 3 is 2.53 bits per heavy atom. The van der Waals surface area contributed by atoms with Crippen molar-refractivity contribution in [3.63, 3.8) is 0 Å². The van der Waals surface area contributed by atoms with Gasteiger partial charge in [0.2, 0.25) is 5.91 Å². The number of rotatable bonds is 7. The van der Waals surface area contributed by atoms with Crippen LogP contribution in [0.4, 0.5) is 5.69 Å². The summed E-state index contributed by atoms with van der Waals surface area (Å²) in [6.07, 6.45) is 1.90. The normalized spacial score (nSPS) is 14.8. The standard InChI is InChI=1S/C29H30N2O5/c1-34-26-10-6-9-24(27(26)35-2)29(33)30-15-16-36-25-14-11-20(17-22(25)19-30)18-31(28(32)21-12-13-21)23-7-4-3-5-8-23/h3-11,14,17,21H,12-13,15-16,18-19H2,1-2H3. The third-order valence-corrected chi connectivity index (χ3v) is 6.63. The number of ether oxygens (including phenoxy) is 3. The lowest BCUT2D eigenvalue weighted by Crippen LogP contribution is -2.33. The molecule has 0 N–H and O–H groups in total. The van der Waals surface area contributed by atoms with Crippen LogP contribution in [0.2, 0.25) is 0 Å². The van der Waals surface area contributed by atoms with Crippen LogP contribution in [0.25, 0.3) is 0 Å². The Hall–Kier alpha value is -4.00. The number of carbonyl (C=O) groups is 2. The lowest BCUT2D eigenvalue weighted by Gasteiger charge is -2.24. The second kappa shape index (κ2) is 10.3. The van der Waals surface area contributed by atoms with E-state index in [0.29, 0.717) is 43.3 Å². The average Bonchev–Trinajstić information content (AvgIpc) is 3.78. The number of para-hydroxylation sites is 2. The number of carbonyl (C=O) groups excluding carboxylic acids is 2. The average molecular weight is 487 g/mol. The van der Waals surface area contributed by atoms with Crippen molar-refractivity contribution in [1.29, 1.82) is 0 Å². The lowest BCUT2D eigenvalue weighted by atomic mass is 10.1. The van der Waals surface area contributed by atoms with Gasteiger partial charge in [-0.3, -0.25) is 9.59 Å². The molecule has 2 amide bonds. The fourth-order valence-corrected chi connectivity index (χ4v) is 4.58. The molecule has 3 aromatic carbocycles. The van der Waals surface area contributed by atoms with E-state index >= 15 is 0 Å². The maximum Gasteiger partial charge on any atom is 0.258 e. The van der Waals surface area contributed by atoms with Gasteiger partial charge in [0.05, 0.1) is 32.9 Å². The fraction of sp³-hybridized carbons (Fsp3) is 0.310. The molecule has 186 valence electrons. The van der Waals surface area contributed by atoms with Gasteiger partial charge in [-0.1, -0.05) is 30.3 Å². The fourth-order valence-electron chi connectivity index (χ4n) is 4.58. The van der Waals surface area contributed by atoms with Crippen LogP contribution in [0.3, 0.4) is 0 Å². The maximum absolute atomic E-state index is 13.5. The zero-order valence-electron chi connectivity index (χ0n) is 20.6. The summed E-state index contributed by atoms with van der Waals surface area (Å²) >= 11 is 0. The van der Waals surface area contributed by atoms with Crippen molar-refractivity contribution < 1.29 is 23.8 Å². The third-order valence-electron chi connectivity index (χ3n) is 6.63. The number of nitrogens with zero attached hydrogens (tertiary/aromatic N) is 2. The Bertz CT molecular complexity index is 1260. The molecule has 1 heterocycles. The van der Waals surface area contributed by atoms with Crippen molar-refractivity contribution >= 4 is 17.5 Å². The highest BCUT2D eigenvalue weighted by Gasteiger charge is 2.34. The zero-order valence-corrected chi connectivity index (χ0v) is 20.6. The van der Waals surface area contributed by atoms with Gasteiger partial charge in [-0.2, -0.15) is 0 Å². The molecule has 1 fully saturated rings. The minimum absolute atomic E-state index is 0.111. The predicted octanol–water partition coefficient (Wildman–Crippen LogP) is 4.68. The monoisotopic (exact) mass is 486 g/mol. The molecule has 0 bridgehead atoms. The summed E-state index contributed by atoms with van der Waals surface area (Å²) < 4.78 is 16.8. The molecule has 2 aliphatic rings. The largest absolute Gasteiger partial charge is 0.493 e. The van der Waals surface area contributed by atoms with Gasteiger partial charge in [-0.25, -0.2) is 0 Å². The van der Waals surface area contributed by atoms with Gasteiger partial charge >= 0.3 is 0 Å². The van der Waals surface area contributed by atoms with Crippen LogP contribution < -0.4 is 19.1 Å². The zero-order chi connectivity index (χ0) is 25.1. The number of hydrogen-bond donors (Lipinski definition) is 0. The second-order valence-corrected chi connectivity index (χ2v) is 9.09. The molecule has 7 nitrogen and oxygen atoms in total. The van der Waals surface area contributed by atoms with E-state index < -0.39 is 0 Å². The molecular weight excluding hydrogens is 456 g/mol. The van der Waals surface area contributed by atoms with E-state index in [0.717, 1.165) is 35.4 Å². The van der Waals surface area contributed by atoms with Crippen molar-refractivity contribution in [2.24, 2.45) is 5.92 Å². The first-order chi connectivity index (χ1) is 17.6. The molecule has 5 rings (SSSR count). The summed E-state index contributed by atoms with van der Waals surface area (Å²) in [5, 5.41) is 0. The number of hydrogen-bond acceptors (Lipinski definition) is 5. The Kier molecular flexibility index (Phi) is 6.80. The van der Waals surface area contributed by atoms with Gasteiger partial charge in [0.15, 0.2) is 11.5 Å². The number of anilines is 1. The number of fused-ring (bicyclic) bond motifs is 1. The molecule has 3 aromatic rings. The van der Waals surface area contributed by atoms with Crippen molar-refractivity contribution in [3.8, 4) is 17.2 Å². The van der Waals surface area contributed by atoms with Gasteiger partial charge in [0, 0.05) is 23.7 Å². The molecule has 36 heavy (non-hydrogen) atoms. The van der Waals surface area contributed by atoms with Crippen LogP contribution in [-0.2, 0) is 17.9 Å². The summed E-state index contributed by atoms with van der Waals surface area (Å²) in [6.45, 7) is 1.69. The Labute approximate surface area is 211 Å². The summed E-state index contributed by atoms with van der Waals surface area (Å²) in [7, 11) is 3.08. The van der Waals surface area contributed by atoms with Gasteiger partial charge in [0.1, 0.15) is 12.4 Å². The van der Waals surface area contributed by atoms with E-state index in [4.69, 9.17) is 14.2 Å².